The summed E-state index contributed by atoms with van der Waals surface area (Å²) in [7, 11) is 0. The van der Waals surface area contributed by atoms with Gasteiger partial charge in [-0.15, -0.1) is 11.3 Å². The van der Waals surface area contributed by atoms with E-state index in [1.54, 1.807) is 0 Å². The highest BCUT2D eigenvalue weighted by Crippen LogP contribution is 2.46. The summed E-state index contributed by atoms with van der Waals surface area (Å²) < 4.78 is 11.7. The first-order valence-electron chi connectivity index (χ1n) is 17.1. The van der Waals surface area contributed by atoms with Crippen molar-refractivity contribution in [2.45, 2.75) is 0 Å². The van der Waals surface area contributed by atoms with E-state index in [1.807, 2.05) is 41.7 Å². The second-order valence-corrected chi connectivity index (χ2v) is 14.0. The zero-order chi connectivity index (χ0) is 33.5. The number of hydrogen-bond donors (Lipinski definition) is 0. The van der Waals surface area contributed by atoms with Crippen LogP contribution in [0.1, 0.15) is 0 Å². The highest BCUT2D eigenvalue weighted by Gasteiger charge is 2.24. The summed E-state index contributed by atoms with van der Waals surface area (Å²) >= 11 is 1.84. The molecule has 0 aliphatic carbocycles. The lowest BCUT2D eigenvalue weighted by Gasteiger charge is -2.13. The Hall–Kier alpha value is -6.56. The molecule has 0 saturated heterocycles. The second kappa shape index (κ2) is 11.0. The van der Waals surface area contributed by atoms with Crippen LogP contribution in [0.2, 0.25) is 0 Å². The molecule has 0 spiro atoms. The van der Waals surface area contributed by atoms with E-state index in [0.29, 0.717) is 5.82 Å². The van der Waals surface area contributed by atoms with Crippen molar-refractivity contribution in [2.75, 3.05) is 0 Å². The van der Waals surface area contributed by atoms with E-state index in [1.165, 1.54) is 25.7 Å². The largest absolute Gasteiger partial charge is 0.454 e. The number of benzene rings is 7. The monoisotopic (exact) mass is 669 g/mol. The lowest BCUT2D eigenvalue weighted by Crippen LogP contribution is -2.02. The van der Waals surface area contributed by atoms with Gasteiger partial charge in [-0.3, -0.25) is 4.57 Å². The molecule has 0 aliphatic rings. The van der Waals surface area contributed by atoms with Gasteiger partial charge in [-0.2, -0.15) is 0 Å². The van der Waals surface area contributed by atoms with Gasteiger partial charge in [0.1, 0.15) is 11.4 Å². The minimum atomic E-state index is 0.671. The van der Waals surface area contributed by atoms with Crippen LogP contribution in [0.5, 0.6) is 0 Å². The van der Waals surface area contributed by atoms with E-state index >= 15 is 0 Å². The van der Waals surface area contributed by atoms with Crippen molar-refractivity contribution >= 4 is 75.3 Å². The molecule has 0 amide bonds. The fraction of sp³-hybridized carbons (Fsp3) is 0. The van der Waals surface area contributed by atoms with E-state index in [2.05, 4.69) is 138 Å². The SMILES string of the molecule is c1ccc(-c2cc(-n3c4ccccc4c4c(-c5ccc6sc7ccccc7c6c5)cc5c6ccccc6oc5c43)nc(-c3ccccc3)n2)cc1. The maximum absolute atomic E-state index is 6.83. The van der Waals surface area contributed by atoms with E-state index < -0.39 is 0 Å². The summed E-state index contributed by atoms with van der Waals surface area (Å²) in [5.74, 6) is 1.46. The van der Waals surface area contributed by atoms with Crippen molar-refractivity contribution in [2.24, 2.45) is 0 Å². The van der Waals surface area contributed by atoms with Crippen LogP contribution in [0.15, 0.2) is 168 Å². The molecule has 238 valence electrons. The van der Waals surface area contributed by atoms with Crippen LogP contribution in [-0.4, -0.2) is 14.5 Å². The smallest absolute Gasteiger partial charge is 0.162 e. The van der Waals surface area contributed by atoms with Gasteiger partial charge in [0.05, 0.1) is 16.7 Å². The first-order chi connectivity index (χ1) is 25.3. The average Bonchev–Trinajstić information content (AvgIpc) is 3.88. The zero-order valence-electron chi connectivity index (χ0n) is 27.2. The predicted molar refractivity (Wildman–Crippen MR) is 213 cm³/mol. The van der Waals surface area contributed by atoms with Gasteiger partial charge in [0.25, 0.3) is 0 Å². The van der Waals surface area contributed by atoms with Crippen LogP contribution in [0.4, 0.5) is 0 Å². The third-order valence-corrected chi connectivity index (χ3v) is 11.2. The maximum Gasteiger partial charge on any atom is 0.162 e. The lowest BCUT2D eigenvalue weighted by atomic mass is 9.95. The highest BCUT2D eigenvalue weighted by atomic mass is 32.1. The fourth-order valence-electron chi connectivity index (χ4n) is 7.71. The van der Waals surface area contributed by atoms with Crippen molar-refractivity contribution in [1.82, 2.24) is 14.5 Å². The van der Waals surface area contributed by atoms with Crippen molar-refractivity contribution < 1.29 is 4.42 Å². The Kier molecular flexibility index (Phi) is 6.09. The normalized spacial score (nSPS) is 11.9. The van der Waals surface area contributed by atoms with E-state index in [9.17, 15) is 0 Å². The molecule has 0 bridgehead atoms. The van der Waals surface area contributed by atoms with Gasteiger partial charge in [-0.25, -0.2) is 9.97 Å². The molecule has 0 saturated carbocycles. The predicted octanol–water partition coefficient (Wildman–Crippen LogP) is 12.8. The Morgan fingerprint density at radius 3 is 2.02 bits per heavy atom. The number of aromatic nitrogens is 3. The lowest BCUT2D eigenvalue weighted by molar-refractivity contribution is 0.671. The van der Waals surface area contributed by atoms with Crippen molar-refractivity contribution in [1.29, 1.82) is 0 Å². The van der Waals surface area contributed by atoms with Crippen LogP contribution in [0.3, 0.4) is 0 Å². The molecule has 51 heavy (non-hydrogen) atoms. The summed E-state index contributed by atoms with van der Waals surface area (Å²) in [5, 5.41) is 7.01. The molecule has 4 nitrogen and oxygen atoms in total. The maximum atomic E-state index is 6.83. The summed E-state index contributed by atoms with van der Waals surface area (Å²) in [6.45, 7) is 0. The van der Waals surface area contributed by atoms with Crippen LogP contribution in [0, 0.1) is 0 Å². The third-order valence-electron chi connectivity index (χ3n) is 10.0. The Labute approximate surface area is 296 Å². The second-order valence-electron chi connectivity index (χ2n) is 13.0. The number of thiophene rings is 1. The van der Waals surface area contributed by atoms with Gasteiger partial charge in [-0.1, -0.05) is 121 Å². The van der Waals surface area contributed by atoms with Gasteiger partial charge >= 0.3 is 0 Å². The third kappa shape index (κ3) is 4.32. The molecule has 4 aromatic heterocycles. The van der Waals surface area contributed by atoms with Gasteiger partial charge in [0, 0.05) is 58.9 Å². The molecule has 0 aliphatic heterocycles. The molecular formula is C46H27N3OS. The summed E-state index contributed by atoms with van der Waals surface area (Å²) in [6, 6.07) is 57.6. The highest BCUT2D eigenvalue weighted by molar-refractivity contribution is 7.25. The summed E-state index contributed by atoms with van der Waals surface area (Å²) in [6.07, 6.45) is 0. The molecule has 0 fully saturated rings. The Morgan fingerprint density at radius 1 is 0.490 bits per heavy atom. The molecule has 7 aromatic carbocycles. The molecule has 0 atom stereocenters. The number of nitrogens with zero attached hydrogens (tertiary/aromatic N) is 3. The molecule has 11 aromatic rings. The Balaban J connectivity index is 1.30. The minimum Gasteiger partial charge on any atom is -0.454 e. The molecule has 0 unspecified atom stereocenters. The topological polar surface area (TPSA) is 43.9 Å². The molecule has 0 N–H and O–H groups in total. The number of para-hydroxylation sites is 2. The van der Waals surface area contributed by atoms with E-state index in [0.717, 1.165) is 71.9 Å². The molecule has 0 radical (unpaired) electrons. The number of fused-ring (bicyclic) bond motifs is 10. The van der Waals surface area contributed by atoms with Gasteiger partial charge in [0.15, 0.2) is 11.4 Å². The number of hydrogen-bond acceptors (Lipinski definition) is 4. The fourth-order valence-corrected chi connectivity index (χ4v) is 8.80. The molecular weight excluding hydrogens is 643 g/mol. The van der Waals surface area contributed by atoms with E-state index in [-0.39, 0.29) is 0 Å². The van der Waals surface area contributed by atoms with Crippen LogP contribution in [-0.2, 0) is 0 Å². The van der Waals surface area contributed by atoms with Crippen molar-refractivity contribution in [3.63, 3.8) is 0 Å². The van der Waals surface area contributed by atoms with Gasteiger partial charge < -0.3 is 4.42 Å². The molecule has 11 rings (SSSR count). The number of furan rings is 1. The Morgan fingerprint density at radius 2 is 1.18 bits per heavy atom. The Bertz CT molecular complexity index is 3080. The average molecular weight is 670 g/mol. The van der Waals surface area contributed by atoms with Crippen LogP contribution in [0.25, 0.3) is 104 Å². The quantitative estimate of drug-likeness (QED) is 0.187. The van der Waals surface area contributed by atoms with E-state index in [4.69, 9.17) is 14.4 Å². The summed E-state index contributed by atoms with van der Waals surface area (Å²) in [4.78, 5) is 10.4. The zero-order valence-corrected chi connectivity index (χ0v) is 28.1. The number of rotatable bonds is 4. The molecule has 5 heteroatoms. The van der Waals surface area contributed by atoms with Crippen LogP contribution < -0.4 is 0 Å². The summed E-state index contributed by atoms with van der Waals surface area (Å²) in [5.41, 5.74) is 8.94. The first kappa shape index (κ1) is 28.3. The molecule has 4 heterocycles. The van der Waals surface area contributed by atoms with Crippen molar-refractivity contribution in [3.8, 4) is 39.6 Å². The minimum absolute atomic E-state index is 0.671. The van der Waals surface area contributed by atoms with Crippen molar-refractivity contribution in [3.05, 3.63) is 164 Å². The first-order valence-corrected chi connectivity index (χ1v) is 17.9. The van der Waals surface area contributed by atoms with Crippen LogP contribution >= 0.6 is 11.3 Å². The van der Waals surface area contributed by atoms with Gasteiger partial charge in [0.2, 0.25) is 0 Å². The van der Waals surface area contributed by atoms with Gasteiger partial charge in [-0.05, 0) is 47.5 Å². The standard InChI is InChI=1S/C46H27N3OS/c1-3-13-28(14-4-1)37-27-42(48-46(47-37)29-15-5-2-6-16-29)49-38-20-10-7-19-33(38)43-34(26-36-31-17-8-11-21-39(31)50-45(36)44(43)49)30-23-24-41-35(25-30)32-18-9-12-22-40(32)51-41/h1-27H.